The minimum Gasteiger partial charge on any atom is -0.354 e. The number of carbonyl (C=O) groups is 1. The molecule has 0 aromatic heterocycles. The van der Waals surface area contributed by atoms with Crippen molar-refractivity contribution in [3.05, 3.63) is 0 Å². The van der Waals surface area contributed by atoms with Crippen LogP contribution in [-0.2, 0) is 4.79 Å². The predicted octanol–water partition coefficient (Wildman–Crippen LogP) is 2.59. The second-order valence-corrected chi connectivity index (χ2v) is 5.44. The van der Waals surface area contributed by atoms with E-state index < -0.39 is 0 Å². The van der Waals surface area contributed by atoms with E-state index in [-0.39, 0.29) is 11.9 Å². The van der Waals surface area contributed by atoms with Gasteiger partial charge in [-0.2, -0.15) is 0 Å². The fourth-order valence-electron chi connectivity index (χ4n) is 2.65. The van der Waals surface area contributed by atoms with Crippen LogP contribution in [-0.4, -0.2) is 18.5 Å². The Bertz CT molecular complexity index is 212. The smallest absolute Gasteiger partial charge is 0.220 e. The Morgan fingerprint density at radius 1 is 1.35 bits per heavy atom. The lowest BCUT2D eigenvalue weighted by Gasteiger charge is -2.21. The molecule has 1 fully saturated rings. The summed E-state index contributed by atoms with van der Waals surface area (Å²) in [4.78, 5) is 11.7. The van der Waals surface area contributed by atoms with Crippen LogP contribution in [0.1, 0.15) is 64.7 Å². The van der Waals surface area contributed by atoms with E-state index in [2.05, 4.69) is 12.2 Å². The Morgan fingerprint density at radius 3 is 2.71 bits per heavy atom. The number of hydrogen-bond acceptors (Lipinski definition) is 2. The summed E-state index contributed by atoms with van der Waals surface area (Å²) in [6, 6.07) is 0.275. The fraction of sp³-hybridized carbons (Fsp3) is 0.929. The monoisotopic (exact) mass is 240 g/mol. The molecule has 3 N–H and O–H groups in total. The lowest BCUT2D eigenvalue weighted by molar-refractivity contribution is -0.122. The van der Waals surface area contributed by atoms with Gasteiger partial charge >= 0.3 is 0 Å². The molecule has 1 rings (SSSR count). The van der Waals surface area contributed by atoms with Crippen molar-refractivity contribution < 1.29 is 4.79 Å². The third-order valence-corrected chi connectivity index (χ3v) is 3.75. The van der Waals surface area contributed by atoms with Crippen molar-refractivity contribution in [2.24, 2.45) is 11.7 Å². The highest BCUT2D eigenvalue weighted by Crippen LogP contribution is 2.27. The first-order chi connectivity index (χ1) is 8.22. The minimum absolute atomic E-state index is 0.222. The van der Waals surface area contributed by atoms with Gasteiger partial charge in [0, 0.05) is 12.5 Å². The van der Waals surface area contributed by atoms with Crippen LogP contribution in [0.3, 0.4) is 0 Å². The molecule has 0 spiro atoms. The molecule has 0 aromatic rings. The van der Waals surface area contributed by atoms with Gasteiger partial charge in [-0.1, -0.05) is 32.1 Å². The maximum atomic E-state index is 11.7. The van der Waals surface area contributed by atoms with Crippen molar-refractivity contribution in [3.8, 4) is 0 Å². The molecule has 100 valence electrons. The van der Waals surface area contributed by atoms with Gasteiger partial charge < -0.3 is 11.1 Å². The van der Waals surface area contributed by atoms with E-state index in [1.807, 2.05) is 0 Å². The third kappa shape index (κ3) is 6.67. The number of amides is 1. The van der Waals surface area contributed by atoms with Crippen molar-refractivity contribution >= 4 is 5.91 Å². The fourth-order valence-corrected chi connectivity index (χ4v) is 2.65. The summed E-state index contributed by atoms with van der Waals surface area (Å²) in [5.74, 6) is 1.02. The summed E-state index contributed by atoms with van der Waals surface area (Å²) in [5.41, 5.74) is 5.45. The molecule has 0 saturated heterocycles. The standard InChI is InChI=1S/C14H28N2O/c1-12(6-5-11-15)16-14(17)10-9-13-7-3-2-4-8-13/h12-13H,2-11,15H2,1H3,(H,16,17). The summed E-state index contributed by atoms with van der Waals surface area (Å²) in [5, 5.41) is 3.06. The quantitative estimate of drug-likeness (QED) is 0.718. The summed E-state index contributed by atoms with van der Waals surface area (Å²) >= 11 is 0. The first kappa shape index (κ1) is 14.5. The molecule has 1 atom stereocenters. The van der Waals surface area contributed by atoms with E-state index in [4.69, 9.17) is 5.73 Å². The number of nitrogens with one attached hydrogen (secondary N) is 1. The molecule has 1 amide bonds. The summed E-state index contributed by atoms with van der Waals surface area (Å²) in [6.07, 6.45) is 10.5. The van der Waals surface area contributed by atoms with E-state index in [9.17, 15) is 4.79 Å². The average molecular weight is 240 g/mol. The molecule has 1 aliphatic rings. The zero-order valence-electron chi connectivity index (χ0n) is 11.2. The van der Waals surface area contributed by atoms with Crippen molar-refractivity contribution in [3.63, 3.8) is 0 Å². The summed E-state index contributed by atoms with van der Waals surface area (Å²) in [6.45, 7) is 2.77. The van der Waals surface area contributed by atoms with Gasteiger partial charge in [-0.25, -0.2) is 0 Å². The van der Waals surface area contributed by atoms with E-state index in [0.717, 1.165) is 25.2 Å². The largest absolute Gasteiger partial charge is 0.354 e. The Labute approximate surface area is 106 Å². The van der Waals surface area contributed by atoms with Crippen molar-refractivity contribution in [2.75, 3.05) is 6.54 Å². The van der Waals surface area contributed by atoms with Gasteiger partial charge in [0.2, 0.25) is 5.91 Å². The molecule has 0 heterocycles. The predicted molar refractivity (Wildman–Crippen MR) is 71.7 cm³/mol. The molecule has 0 aromatic carbocycles. The second kappa shape index (κ2) is 8.51. The normalized spacial score (nSPS) is 18.9. The first-order valence-electron chi connectivity index (χ1n) is 7.21. The van der Waals surface area contributed by atoms with E-state index in [0.29, 0.717) is 13.0 Å². The highest BCUT2D eigenvalue weighted by atomic mass is 16.1. The van der Waals surface area contributed by atoms with Gasteiger partial charge in [-0.15, -0.1) is 0 Å². The van der Waals surface area contributed by atoms with Gasteiger partial charge in [-0.3, -0.25) is 4.79 Å². The van der Waals surface area contributed by atoms with Crippen LogP contribution in [0.5, 0.6) is 0 Å². The van der Waals surface area contributed by atoms with Crippen LogP contribution >= 0.6 is 0 Å². The molecule has 0 radical (unpaired) electrons. The Morgan fingerprint density at radius 2 is 2.06 bits per heavy atom. The Hall–Kier alpha value is -0.570. The van der Waals surface area contributed by atoms with Gasteiger partial charge in [0.05, 0.1) is 0 Å². The Balaban J connectivity index is 2.07. The van der Waals surface area contributed by atoms with Gasteiger partial charge in [-0.05, 0) is 38.6 Å². The zero-order chi connectivity index (χ0) is 12.5. The molecule has 0 bridgehead atoms. The summed E-state index contributed by atoms with van der Waals surface area (Å²) in [7, 11) is 0. The van der Waals surface area contributed by atoms with Gasteiger partial charge in [0.15, 0.2) is 0 Å². The third-order valence-electron chi connectivity index (χ3n) is 3.75. The van der Waals surface area contributed by atoms with Crippen LogP contribution in [0.15, 0.2) is 0 Å². The van der Waals surface area contributed by atoms with Crippen LogP contribution in [0, 0.1) is 5.92 Å². The number of hydrogen-bond donors (Lipinski definition) is 2. The maximum absolute atomic E-state index is 11.7. The molecule has 17 heavy (non-hydrogen) atoms. The first-order valence-corrected chi connectivity index (χ1v) is 7.21. The number of nitrogens with two attached hydrogens (primary N) is 1. The highest BCUT2D eigenvalue weighted by Gasteiger charge is 2.15. The van der Waals surface area contributed by atoms with Crippen molar-refractivity contribution in [1.29, 1.82) is 0 Å². The molecule has 1 aliphatic carbocycles. The molecular formula is C14H28N2O. The molecule has 3 heteroatoms. The number of carbonyl (C=O) groups excluding carboxylic acids is 1. The average Bonchev–Trinajstić information content (AvgIpc) is 2.35. The number of rotatable bonds is 7. The van der Waals surface area contributed by atoms with Crippen molar-refractivity contribution in [2.45, 2.75) is 70.8 Å². The molecule has 3 nitrogen and oxygen atoms in total. The van der Waals surface area contributed by atoms with Crippen LogP contribution in [0.2, 0.25) is 0 Å². The van der Waals surface area contributed by atoms with E-state index >= 15 is 0 Å². The minimum atomic E-state index is 0.222. The van der Waals surface area contributed by atoms with E-state index in [1.54, 1.807) is 0 Å². The van der Waals surface area contributed by atoms with Crippen LogP contribution < -0.4 is 11.1 Å². The van der Waals surface area contributed by atoms with Crippen LogP contribution in [0.4, 0.5) is 0 Å². The Kier molecular flexibility index (Phi) is 7.25. The zero-order valence-corrected chi connectivity index (χ0v) is 11.2. The SMILES string of the molecule is CC(CCCN)NC(=O)CCC1CCCCC1. The van der Waals surface area contributed by atoms with Crippen molar-refractivity contribution in [1.82, 2.24) is 5.32 Å². The maximum Gasteiger partial charge on any atom is 0.220 e. The van der Waals surface area contributed by atoms with Crippen LogP contribution in [0.25, 0.3) is 0 Å². The van der Waals surface area contributed by atoms with Gasteiger partial charge in [0.1, 0.15) is 0 Å². The lowest BCUT2D eigenvalue weighted by atomic mass is 9.86. The molecule has 0 aliphatic heterocycles. The summed E-state index contributed by atoms with van der Waals surface area (Å²) < 4.78 is 0. The topological polar surface area (TPSA) is 55.1 Å². The molecular weight excluding hydrogens is 212 g/mol. The highest BCUT2D eigenvalue weighted by molar-refractivity contribution is 5.76. The second-order valence-electron chi connectivity index (χ2n) is 5.44. The molecule has 1 unspecified atom stereocenters. The lowest BCUT2D eigenvalue weighted by Crippen LogP contribution is -2.33. The molecule has 1 saturated carbocycles. The van der Waals surface area contributed by atoms with E-state index in [1.165, 1.54) is 32.1 Å². The van der Waals surface area contributed by atoms with Gasteiger partial charge in [0.25, 0.3) is 0 Å².